The summed E-state index contributed by atoms with van der Waals surface area (Å²) in [5.74, 6) is 2.33. The van der Waals surface area contributed by atoms with Gasteiger partial charge in [-0.15, -0.1) is 0 Å². The van der Waals surface area contributed by atoms with Crippen molar-refractivity contribution >= 4 is 5.82 Å². The summed E-state index contributed by atoms with van der Waals surface area (Å²) in [6, 6.07) is 11.6. The SMILES string of the molecule is COc1ccc(OC)c(CCNc2ccc(C)c(C#N)n2)c1. The average Bonchev–Trinajstić information content (AvgIpc) is 2.56. The second-order valence-corrected chi connectivity index (χ2v) is 4.83. The van der Waals surface area contributed by atoms with E-state index in [9.17, 15) is 0 Å². The lowest BCUT2D eigenvalue weighted by atomic mass is 10.1. The van der Waals surface area contributed by atoms with Crippen LogP contribution in [0.1, 0.15) is 16.8 Å². The van der Waals surface area contributed by atoms with Gasteiger partial charge in [0.15, 0.2) is 0 Å². The maximum atomic E-state index is 9.00. The van der Waals surface area contributed by atoms with Gasteiger partial charge >= 0.3 is 0 Å². The number of aromatic nitrogens is 1. The van der Waals surface area contributed by atoms with Gasteiger partial charge in [-0.05, 0) is 48.7 Å². The van der Waals surface area contributed by atoms with Crippen LogP contribution in [0, 0.1) is 18.3 Å². The predicted octanol–water partition coefficient (Wildman–Crippen LogP) is 2.93. The van der Waals surface area contributed by atoms with Crippen molar-refractivity contribution in [2.24, 2.45) is 0 Å². The van der Waals surface area contributed by atoms with E-state index in [0.717, 1.165) is 29.0 Å². The summed E-state index contributed by atoms with van der Waals surface area (Å²) in [6.45, 7) is 2.56. The van der Waals surface area contributed by atoms with Crippen LogP contribution in [0.3, 0.4) is 0 Å². The molecule has 2 aromatic rings. The summed E-state index contributed by atoms with van der Waals surface area (Å²) in [7, 11) is 3.29. The normalized spacial score (nSPS) is 9.91. The molecule has 0 fully saturated rings. The number of rotatable bonds is 6. The number of nitriles is 1. The van der Waals surface area contributed by atoms with Gasteiger partial charge in [-0.3, -0.25) is 0 Å². The Morgan fingerprint density at radius 2 is 2.00 bits per heavy atom. The minimum Gasteiger partial charge on any atom is -0.497 e. The van der Waals surface area contributed by atoms with Crippen molar-refractivity contribution in [3.63, 3.8) is 0 Å². The molecule has 1 aromatic carbocycles. The van der Waals surface area contributed by atoms with Crippen LogP contribution in [0.25, 0.3) is 0 Å². The number of anilines is 1. The Labute approximate surface area is 130 Å². The molecule has 0 atom stereocenters. The molecule has 114 valence electrons. The summed E-state index contributed by atoms with van der Waals surface area (Å²) in [6.07, 6.45) is 0.762. The zero-order valence-electron chi connectivity index (χ0n) is 13.0. The molecule has 0 spiro atoms. The van der Waals surface area contributed by atoms with Crippen molar-refractivity contribution in [2.75, 3.05) is 26.1 Å². The Bertz CT molecular complexity index is 693. The van der Waals surface area contributed by atoms with Crippen molar-refractivity contribution in [3.8, 4) is 17.6 Å². The monoisotopic (exact) mass is 297 g/mol. The first-order valence-electron chi connectivity index (χ1n) is 7.00. The van der Waals surface area contributed by atoms with E-state index >= 15 is 0 Å². The first kappa shape index (κ1) is 15.6. The molecule has 0 bridgehead atoms. The smallest absolute Gasteiger partial charge is 0.145 e. The maximum absolute atomic E-state index is 9.00. The number of ether oxygens (including phenoxy) is 2. The van der Waals surface area contributed by atoms with Crippen LogP contribution in [0.2, 0.25) is 0 Å². The molecule has 0 radical (unpaired) electrons. The van der Waals surface area contributed by atoms with Gasteiger partial charge in [0.2, 0.25) is 0 Å². The van der Waals surface area contributed by atoms with E-state index < -0.39 is 0 Å². The van der Waals surface area contributed by atoms with Crippen LogP contribution in [-0.2, 0) is 6.42 Å². The lowest BCUT2D eigenvalue weighted by molar-refractivity contribution is 0.399. The number of benzene rings is 1. The van der Waals surface area contributed by atoms with Crippen molar-refractivity contribution in [3.05, 3.63) is 47.2 Å². The van der Waals surface area contributed by atoms with Gasteiger partial charge in [-0.25, -0.2) is 4.98 Å². The van der Waals surface area contributed by atoms with E-state index in [1.807, 2.05) is 37.3 Å². The van der Waals surface area contributed by atoms with Gasteiger partial charge in [0, 0.05) is 6.54 Å². The molecule has 22 heavy (non-hydrogen) atoms. The lowest BCUT2D eigenvalue weighted by Gasteiger charge is -2.11. The minimum atomic E-state index is 0.448. The third kappa shape index (κ3) is 3.67. The first-order valence-corrected chi connectivity index (χ1v) is 7.00. The Kier molecular flexibility index (Phi) is 5.21. The fourth-order valence-electron chi connectivity index (χ4n) is 2.14. The molecular weight excluding hydrogens is 278 g/mol. The summed E-state index contributed by atoms with van der Waals surface area (Å²) >= 11 is 0. The zero-order valence-corrected chi connectivity index (χ0v) is 13.0. The molecule has 0 aliphatic rings. The fraction of sp³-hybridized carbons (Fsp3) is 0.294. The van der Waals surface area contributed by atoms with Crippen molar-refractivity contribution in [2.45, 2.75) is 13.3 Å². The molecular formula is C17H19N3O2. The molecule has 0 amide bonds. The fourth-order valence-corrected chi connectivity index (χ4v) is 2.14. The molecule has 2 rings (SSSR count). The number of aryl methyl sites for hydroxylation is 1. The second kappa shape index (κ2) is 7.32. The number of hydrogen-bond acceptors (Lipinski definition) is 5. The van der Waals surface area contributed by atoms with Gasteiger partial charge < -0.3 is 14.8 Å². The number of nitrogens with one attached hydrogen (secondary N) is 1. The van der Waals surface area contributed by atoms with Gasteiger partial charge in [0.05, 0.1) is 14.2 Å². The molecule has 0 aliphatic carbocycles. The Hall–Kier alpha value is -2.74. The third-order valence-corrected chi connectivity index (χ3v) is 3.39. The van der Waals surface area contributed by atoms with Crippen LogP contribution in [0.15, 0.2) is 30.3 Å². The van der Waals surface area contributed by atoms with Gasteiger partial charge in [-0.2, -0.15) is 5.26 Å². The summed E-state index contributed by atoms with van der Waals surface area (Å²) in [4.78, 5) is 4.27. The van der Waals surface area contributed by atoms with Crippen LogP contribution >= 0.6 is 0 Å². The van der Waals surface area contributed by atoms with E-state index in [2.05, 4.69) is 16.4 Å². The van der Waals surface area contributed by atoms with Crippen molar-refractivity contribution in [1.82, 2.24) is 4.98 Å². The molecule has 0 aliphatic heterocycles. The van der Waals surface area contributed by atoms with Gasteiger partial charge in [0.1, 0.15) is 29.1 Å². The maximum Gasteiger partial charge on any atom is 0.145 e. The molecule has 1 aromatic heterocycles. The molecule has 0 saturated heterocycles. The van der Waals surface area contributed by atoms with E-state index in [1.54, 1.807) is 14.2 Å². The van der Waals surface area contributed by atoms with Gasteiger partial charge in [-0.1, -0.05) is 6.07 Å². The largest absolute Gasteiger partial charge is 0.497 e. The van der Waals surface area contributed by atoms with Crippen LogP contribution in [0.5, 0.6) is 11.5 Å². The highest BCUT2D eigenvalue weighted by molar-refractivity contribution is 5.44. The Morgan fingerprint density at radius 1 is 1.18 bits per heavy atom. The molecule has 5 heteroatoms. The van der Waals surface area contributed by atoms with Crippen molar-refractivity contribution in [1.29, 1.82) is 5.26 Å². The number of nitrogens with zero attached hydrogens (tertiary/aromatic N) is 2. The molecule has 5 nitrogen and oxygen atoms in total. The summed E-state index contributed by atoms with van der Waals surface area (Å²) in [5, 5.41) is 12.2. The van der Waals surface area contributed by atoms with Crippen LogP contribution in [0.4, 0.5) is 5.82 Å². The number of pyridine rings is 1. The van der Waals surface area contributed by atoms with E-state index in [0.29, 0.717) is 18.1 Å². The summed E-state index contributed by atoms with van der Waals surface area (Å²) in [5.41, 5.74) is 2.38. The Morgan fingerprint density at radius 3 is 2.68 bits per heavy atom. The molecule has 0 unspecified atom stereocenters. The first-order chi connectivity index (χ1) is 10.7. The highest BCUT2D eigenvalue weighted by Crippen LogP contribution is 2.24. The zero-order chi connectivity index (χ0) is 15.9. The second-order valence-electron chi connectivity index (χ2n) is 4.83. The molecule has 0 saturated carbocycles. The van der Waals surface area contributed by atoms with Crippen LogP contribution < -0.4 is 14.8 Å². The van der Waals surface area contributed by atoms with Crippen molar-refractivity contribution < 1.29 is 9.47 Å². The minimum absolute atomic E-state index is 0.448. The third-order valence-electron chi connectivity index (χ3n) is 3.39. The van der Waals surface area contributed by atoms with Crippen LogP contribution in [-0.4, -0.2) is 25.7 Å². The summed E-state index contributed by atoms with van der Waals surface area (Å²) < 4.78 is 10.6. The number of hydrogen-bond donors (Lipinski definition) is 1. The van der Waals surface area contributed by atoms with E-state index in [4.69, 9.17) is 14.7 Å². The van der Waals surface area contributed by atoms with E-state index in [-0.39, 0.29) is 0 Å². The van der Waals surface area contributed by atoms with Gasteiger partial charge in [0.25, 0.3) is 0 Å². The predicted molar refractivity (Wildman–Crippen MR) is 85.4 cm³/mol. The highest BCUT2D eigenvalue weighted by atomic mass is 16.5. The quantitative estimate of drug-likeness (QED) is 0.888. The topological polar surface area (TPSA) is 67.2 Å². The average molecular weight is 297 g/mol. The number of methoxy groups -OCH3 is 2. The Balaban J connectivity index is 2.03. The highest BCUT2D eigenvalue weighted by Gasteiger charge is 2.06. The van der Waals surface area contributed by atoms with E-state index in [1.165, 1.54) is 0 Å². The molecule has 1 heterocycles. The lowest BCUT2D eigenvalue weighted by Crippen LogP contribution is -2.08. The molecule has 1 N–H and O–H groups in total. The standard InChI is InChI=1S/C17H19N3O2/c1-12-4-7-17(20-15(12)11-18)19-9-8-13-10-14(21-2)5-6-16(13)22-3/h4-7,10H,8-9H2,1-3H3,(H,19,20).